The van der Waals surface area contributed by atoms with Crippen molar-refractivity contribution in [2.24, 2.45) is 0 Å². The highest BCUT2D eigenvalue weighted by molar-refractivity contribution is 14.1. The van der Waals surface area contributed by atoms with Crippen molar-refractivity contribution in [3.63, 3.8) is 0 Å². The molecule has 1 unspecified atom stereocenters. The van der Waals surface area contributed by atoms with Gasteiger partial charge in [-0.2, -0.15) is 0 Å². The number of hydrogen-bond acceptors (Lipinski definition) is 6. The highest BCUT2D eigenvalue weighted by Gasteiger charge is 2.54. The molecule has 0 fully saturated rings. The van der Waals surface area contributed by atoms with Crippen LogP contribution in [0.4, 0.5) is 0 Å². The zero-order valence-corrected chi connectivity index (χ0v) is 20.7. The van der Waals surface area contributed by atoms with Gasteiger partial charge in [0.05, 0.1) is 35.6 Å². The Hall–Kier alpha value is -1.56. The van der Waals surface area contributed by atoms with Crippen molar-refractivity contribution in [1.82, 2.24) is 0 Å². The molecule has 1 aliphatic carbocycles. The van der Waals surface area contributed by atoms with Crippen molar-refractivity contribution in [2.45, 2.75) is 18.3 Å². The number of methoxy groups -OCH3 is 4. The summed E-state index contributed by atoms with van der Waals surface area (Å²) in [5, 5.41) is 0. The lowest BCUT2D eigenvalue weighted by Crippen LogP contribution is -2.44. The molecule has 0 aromatic heterocycles. The molecule has 0 N–H and O–H groups in total. The van der Waals surface area contributed by atoms with Crippen molar-refractivity contribution < 1.29 is 28.5 Å². The molecule has 29 heavy (non-hydrogen) atoms. The second kappa shape index (κ2) is 8.66. The van der Waals surface area contributed by atoms with Crippen LogP contribution < -0.4 is 14.2 Å². The van der Waals surface area contributed by atoms with Gasteiger partial charge < -0.3 is 18.9 Å². The maximum absolute atomic E-state index is 13.2. The Bertz CT molecular complexity index is 946. The predicted octanol–water partition coefficient (Wildman–Crippen LogP) is 3.70. The van der Waals surface area contributed by atoms with Gasteiger partial charge in [-0.15, -0.1) is 0 Å². The summed E-state index contributed by atoms with van der Waals surface area (Å²) < 4.78 is 23.3. The van der Waals surface area contributed by atoms with Crippen LogP contribution in [0, 0.1) is 7.14 Å². The molecule has 0 spiro atoms. The SMILES string of the molecule is COC(=O)C1(Cc2c(I)c(OC)c(OC)c(OC)c2I)C(=O)Cc2ccccc21. The first-order valence-electron chi connectivity index (χ1n) is 8.73. The fourth-order valence-corrected chi connectivity index (χ4v) is 6.24. The molecule has 2 aromatic rings. The largest absolute Gasteiger partial charge is 0.492 e. The van der Waals surface area contributed by atoms with Crippen LogP contribution >= 0.6 is 45.2 Å². The van der Waals surface area contributed by atoms with Gasteiger partial charge in [0.25, 0.3) is 0 Å². The highest BCUT2D eigenvalue weighted by atomic mass is 127. The van der Waals surface area contributed by atoms with Crippen LogP contribution in [0.2, 0.25) is 0 Å². The molecule has 154 valence electrons. The van der Waals surface area contributed by atoms with E-state index in [0.29, 0.717) is 22.8 Å². The summed E-state index contributed by atoms with van der Waals surface area (Å²) in [4.78, 5) is 26.3. The lowest BCUT2D eigenvalue weighted by molar-refractivity contribution is -0.151. The van der Waals surface area contributed by atoms with Crippen molar-refractivity contribution in [3.8, 4) is 17.2 Å². The molecule has 0 bridgehead atoms. The quantitative estimate of drug-likeness (QED) is 0.278. The number of carbonyl (C=O) groups excluding carboxylic acids is 2. The standard InChI is InChI=1S/C21H20I2O6/c1-26-17-15(22)12(16(23)18(27-2)19(17)28-3)10-21(20(25)29-4)13-8-6-5-7-11(13)9-14(21)24/h5-8H,9-10H2,1-4H3. The Labute approximate surface area is 196 Å². The van der Waals surface area contributed by atoms with Crippen LogP contribution in [0.15, 0.2) is 24.3 Å². The summed E-state index contributed by atoms with van der Waals surface area (Å²) in [6.45, 7) is 0. The zero-order chi connectivity index (χ0) is 21.3. The predicted molar refractivity (Wildman–Crippen MR) is 124 cm³/mol. The molecule has 1 atom stereocenters. The van der Waals surface area contributed by atoms with Gasteiger partial charge in [-0.25, -0.2) is 0 Å². The molecule has 0 aliphatic heterocycles. The second-order valence-electron chi connectivity index (χ2n) is 6.54. The zero-order valence-electron chi connectivity index (χ0n) is 16.4. The average Bonchev–Trinajstić information content (AvgIpc) is 3.02. The first-order chi connectivity index (χ1) is 13.9. The van der Waals surface area contributed by atoms with Crippen molar-refractivity contribution >= 4 is 56.9 Å². The van der Waals surface area contributed by atoms with Gasteiger partial charge in [0.2, 0.25) is 5.75 Å². The smallest absolute Gasteiger partial charge is 0.324 e. The van der Waals surface area contributed by atoms with Crippen molar-refractivity contribution in [2.75, 3.05) is 28.4 Å². The van der Waals surface area contributed by atoms with Gasteiger partial charge in [0.1, 0.15) is 0 Å². The summed E-state index contributed by atoms with van der Waals surface area (Å²) >= 11 is 4.31. The van der Waals surface area contributed by atoms with Crippen LogP contribution in [0.5, 0.6) is 17.2 Å². The van der Waals surface area contributed by atoms with E-state index in [9.17, 15) is 9.59 Å². The summed E-state index contributed by atoms with van der Waals surface area (Å²) in [7, 11) is 5.94. The first kappa shape index (κ1) is 22.1. The fourth-order valence-electron chi connectivity index (χ4n) is 3.87. The van der Waals surface area contributed by atoms with Crippen LogP contribution in [0.1, 0.15) is 16.7 Å². The Balaban J connectivity index is 2.29. The van der Waals surface area contributed by atoms with E-state index in [-0.39, 0.29) is 18.6 Å². The van der Waals surface area contributed by atoms with E-state index in [4.69, 9.17) is 18.9 Å². The number of fused-ring (bicyclic) bond motifs is 1. The monoisotopic (exact) mass is 622 g/mol. The molecule has 0 heterocycles. The van der Waals surface area contributed by atoms with E-state index in [2.05, 4.69) is 45.2 Å². The maximum atomic E-state index is 13.2. The van der Waals surface area contributed by atoms with Gasteiger partial charge >= 0.3 is 5.97 Å². The van der Waals surface area contributed by atoms with Gasteiger partial charge in [0, 0.05) is 12.8 Å². The van der Waals surface area contributed by atoms with Gasteiger partial charge in [-0.05, 0) is 61.9 Å². The van der Waals surface area contributed by atoms with E-state index in [0.717, 1.165) is 18.3 Å². The van der Waals surface area contributed by atoms with Crippen molar-refractivity contribution in [1.29, 1.82) is 0 Å². The normalized spacial score (nSPS) is 17.7. The number of ketones is 1. The topological polar surface area (TPSA) is 71.1 Å². The van der Waals surface area contributed by atoms with E-state index >= 15 is 0 Å². The minimum absolute atomic E-state index is 0.142. The van der Waals surface area contributed by atoms with Gasteiger partial charge in [-0.3, -0.25) is 9.59 Å². The third-order valence-corrected chi connectivity index (χ3v) is 7.52. The lowest BCUT2D eigenvalue weighted by Gasteiger charge is -2.28. The first-order valence-corrected chi connectivity index (χ1v) is 10.9. The summed E-state index contributed by atoms with van der Waals surface area (Å²) in [6.07, 6.45) is 0.339. The number of carbonyl (C=O) groups is 2. The van der Waals surface area contributed by atoms with Gasteiger partial charge in [-0.1, -0.05) is 24.3 Å². The molecule has 0 amide bonds. The maximum Gasteiger partial charge on any atom is 0.324 e. The number of ether oxygens (including phenoxy) is 4. The van der Waals surface area contributed by atoms with E-state index in [1.807, 2.05) is 24.3 Å². The Morgan fingerprint density at radius 2 is 1.52 bits per heavy atom. The van der Waals surface area contributed by atoms with Crippen LogP contribution in [-0.4, -0.2) is 40.2 Å². The molecular formula is C21H20I2O6. The second-order valence-corrected chi connectivity index (χ2v) is 8.69. The van der Waals surface area contributed by atoms with Crippen LogP contribution in [0.3, 0.4) is 0 Å². The number of benzene rings is 2. The Kier molecular flexibility index (Phi) is 6.61. The molecule has 8 heteroatoms. The third-order valence-electron chi connectivity index (χ3n) is 5.23. The minimum Gasteiger partial charge on any atom is -0.492 e. The Morgan fingerprint density at radius 1 is 0.966 bits per heavy atom. The lowest BCUT2D eigenvalue weighted by atomic mass is 9.75. The Morgan fingerprint density at radius 3 is 2.03 bits per heavy atom. The summed E-state index contributed by atoms with van der Waals surface area (Å²) in [6, 6.07) is 7.41. The molecule has 2 aromatic carbocycles. The molecule has 6 nitrogen and oxygen atoms in total. The van der Waals surface area contributed by atoms with E-state index < -0.39 is 11.4 Å². The van der Waals surface area contributed by atoms with E-state index in [1.54, 1.807) is 21.3 Å². The summed E-state index contributed by atoms with van der Waals surface area (Å²) in [5.74, 6) is 0.731. The molecule has 0 saturated heterocycles. The minimum atomic E-state index is -1.41. The number of esters is 1. The van der Waals surface area contributed by atoms with Gasteiger partial charge in [0.15, 0.2) is 22.7 Å². The number of rotatable bonds is 6. The molecule has 0 radical (unpaired) electrons. The number of halogens is 2. The van der Waals surface area contributed by atoms with Crippen LogP contribution in [0.25, 0.3) is 0 Å². The van der Waals surface area contributed by atoms with Crippen LogP contribution in [-0.2, 0) is 32.6 Å². The molecule has 0 saturated carbocycles. The highest BCUT2D eigenvalue weighted by Crippen LogP contribution is 2.49. The summed E-state index contributed by atoms with van der Waals surface area (Å²) in [5.41, 5.74) is 0.907. The molecular weight excluding hydrogens is 602 g/mol. The number of hydrogen-bond donors (Lipinski definition) is 0. The van der Waals surface area contributed by atoms with Crippen molar-refractivity contribution in [3.05, 3.63) is 48.1 Å². The number of Topliss-reactive ketones (excluding diaryl/α,β-unsaturated/α-hetero) is 1. The average molecular weight is 622 g/mol. The molecule has 1 aliphatic rings. The molecule has 3 rings (SSSR count). The third kappa shape index (κ3) is 3.37. The fraction of sp³-hybridized carbons (Fsp3) is 0.333. The van der Waals surface area contributed by atoms with E-state index in [1.165, 1.54) is 7.11 Å².